The molecule has 0 heterocycles. The van der Waals surface area contributed by atoms with Crippen LogP contribution in [0.3, 0.4) is 0 Å². The Morgan fingerprint density at radius 3 is 2.29 bits per heavy atom. The highest BCUT2D eigenvalue weighted by atomic mass is 16.6. The first-order valence-electron chi connectivity index (χ1n) is 14.8. The highest BCUT2D eigenvalue weighted by Crippen LogP contribution is 2.75. The van der Waals surface area contributed by atoms with E-state index in [1.807, 2.05) is 0 Å². The van der Waals surface area contributed by atoms with Crippen molar-refractivity contribution < 1.29 is 29.6 Å². The molecule has 5 aliphatic rings. The van der Waals surface area contributed by atoms with Crippen LogP contribution in [0.15, 0.2) is 11.6 Å². The van der Waals surface area contributed by atoms with E-state index in [-0.39, 0.29) is 46.0 Å². The van der Waals surface area contributed by atoms with Crippen LogP contribution in [0.2, 0.25) is 0 Å². The minimum absolute atomic E-state index is 0.0575. The second-order valence-corrected chi connectivity index (χ2v) is 15.7. The zero-order valence-corrected chi connectivity index (χ0v) is 24.8. The molecule has 4 saturated carbocycles. The molecule has 0 radical (unpaired) electrons. The molecule has 38 heavy (non-hydrogen) atoms. The Balaban J connectivity index is 1.72. The molecule has 10 atom stereocenters. The Kier molecular flexibility index (Phi) is 6.25. The van der Waals surface area contributed by atoms with Gasteiger partial charge >= 0.3 is 5.97 Å². The van der Waals surface area contributed by atoms with Crippen molar-refractivity contribution in [3.8, 4) is 0 Å². The summed E-state index contributed by atoms with van der Waals surface area (Å²) in [6.45, 7) is 16.5. The lowest BCUT2D eigenvalue weighted by atomic mass is 9.32. The van der Waals surface area contributed by atoms with Gasteiger partial charge in [-0.3, -0.25) is 9.59 Å². The van der Waals surface area contributed by atoms with Crippen LogP contribution in [-0.4, -0.2) is 52.0 Å². The van der Waals surface area contributed by atoms with Crippen LogP contribution >= 0.6 is 0 Å². The smallest absolute Gasteiger partial charge is 0.303 e. The van der Waals surface area contributed by atoms with E-state index in [2.05, 4.69) is 54.5 Å². The lowest BCUT2D eigenvalue weighted by molar-refractivity contribution is -0.272. The van der Waals surface area contributed by atoms with Crippen molar-refractivity contribution in [2.75, 3.05) is 6.61 Å². The van der Waals surface area contributed by atoms with E-state index < -0.39 is 35.1 Å². The fourth-order valence-electron chi connectivity index (χ4n) is 11.1. The van der Waals surface area contributed by atoms with Crippen LogP contribution in [-0.2, 0) is 14.3 Å². The molecule has 0 aromatic rings. The molecule has 0 saturated heterocycles. The molecule has 5 aliphatic carbocycles. The molecule has 0 aliphatic heterocycles. The molecular weight excluding hydrogens is 480 g/mol. The minimum atomic E-state index is -1.19. The third-order valence-corrected chi connectivity index (χ3v) is 13.3. The lowest BCUT2D eigenvalue weighted by Crippen LogP contribution is -2.74. The Bertz CT molecular complexity index is 1060. The van der Waals surface area contributed by atoms with Gasteiger partial charge in [0.2, 0.25) is 0 Å². The number of carbonyl (C=O) groups excluding carboxylic acids is 2. The van der Waals surface area contributed by atoms with Crippen LogP contribution in [0.25, 0.3) is 0 Å². The molecule has 4 fully saturated rings. The topological polar surface area (TPSA) is 104 Å². The molecule has 0 aromatic heterocycles. The van der Waals surface area contributed by atoms with Gasteiger partial charge in [0.25, 0.3) is 0 Å². The summed E-state index contributed by atoms with van der Waals surface area (Å²) in [7, 11) is 0. The maximum atomic E-state index is 13.0. The summed E-state index contributed by atoms with van der Waals surface area (Å²) < 4.78 is 6.09. The van der Waals surface area contributed by atoms with Crippen molar-refractivity contribution in [1.29, 1.82) is 0 Å². The maximum Gasteiger partial charge on any atom is 0.303 e. The molecule has 3 N–H and O–H groups in total. The molecule has 5 rings (SSSR count). The first-order chi connectivity index (χ1) is 17.4. The van der Waals surface area contributed by atoms with Crippen molar-refractivity contribution in [3.63, 3.8) is 0 Å². The minimum Gasteiger partial charge on any atom is -0.459 e. The van der Waals surface area contributed by atoms with Crippen molar-refractivity contribution in [2.24, 2.45) is 50.2 Å². The van der Waals surface area contributed by atoms with Gasteiger partial charge in [0.1, 0.15) is 18.0 Å². The SMILES string of the molecule is CC(=O)O[C@H]1[C@@H](O)[C@@]2(CO)[C@@H](O)CC(C)(C)C[C@H]2C2=CC[C@@H]3[C@@]4(C)CCC(=O)C(C)(C)[C@@H]4CC[C@@]3(C)[C@@]21C. The van der Waals surface area contributed by atoms with Gasteiger partial charge in [-0.05, 0) is 72.5 Å². The molecular formula is C32H50O6. The number of aliphatic hydroxyl groups excluding tert-OH is 3. The highest BCUT2D eigenvalue weighted by molar-refractivity contribution is 5.85. The number of ether oxygens (including phenoxy) is 1. The van der Waals surface area contributed by atoms with Crippen LogP contribution in [0.5, 0.6) is 0 Å². The van der Waals surface area contributed by atoms with Gasteiger partial charge in [-0.2, -0.15) is 0 Å². The zero-order chi connectivity index (χ0) is 28.3. The number of aliphatic hydroxyl groups is 3. The molecule has 6 heteroatoms. The third kappa shape index (κ3) is 3.29. The van der Waals surface area contributed by atoms with E-state index in [1.165, 1.54) is 6.92 Å². The molecule has 6 nitrogen and oxygen atoms in total. The van der Waals surface area contributed by atoms with E-state index in [4.69, 9.17) is 4.74 Å². The fourth-order valence-corrected chi connectivity index (χ4v) is 11.1. The van der Waals surface area contributed by atoms with E-state index in [1.54, 1.807) is 0 Å². The van der Waals surface area contributed by atoms with Crippen molar-refractivity contribution in [1.82, 2.24) is 0 Å². The number of hydrogen-bond acceptors (Lipinski definition) is 6. The van der Waals surface area contributed by atoms with E-state index >= 15 is 0 Å². The first kappa shape index (κ1) is 28.3. The van der Waals surface area contributed by atoms with Gasteiger partial charge in [-0.15, -0.1) is 0 Å². The first-order valence-corrected chi connectivity index (χ1v) is 14.8. The fraction of sp³-hybridized carbons (Fsp3) is 0.875. The number of carbonyl (C=O) groups is 2. The monoisotopic (exact) mass is 530 g/mol. The van der Waals surface area contributed by atoms with E-state index in [9.17, 15) is 24.9 Å². The predicted octanol–water partition coefficient (Wildman–Crippen LogP) is 4.83. The molecule has 0 bridgehead atoms. The van der Waals surface area contributed by atoms with E-state index in [0.717, 1.165) is 37.7 Å². The molecule has 214 valence electrons. The molecule has 0 amide bonds. The largest absolute Gasteiger partial charge is 0.459 e. The Morgan fingerprint density at radius 2 is 1.68 bits per heavy atom. The predicted molar refractivity (Wildman–Crippen MR) is 145 cm³/mol. The molecule has 0 unspecified atom stereocenters. The second kappa shape index (κ2) is 8.39. The quantitative estimate of drug-likeness (QED) is 0.349. The maximum absolute atomic E-state index is 13.0. The molecule has 0 aromatic carbocycles. The van der Waals surface area contributed by atoms with Crippen LogP contribution in [0, 0.1) is 50.2 Å². The van der Waals surface area contributed by atoms with Gasteiger partial charge in [-0.1, -0.05) is 60.1 Å². The van der Waals surface area contributed by atoms with Crippen molar-refractivity contribution in [2.45, 2.75) is 119 Å². The number of fused-ring (bicyclic) bond motifs is 7. The lowest BCUT2D eigenvalue weighted by Gasteiger charge is -2.72. The van der Waals surface area contributed by atoms with Crippen molar-refractivity contribution >= 4 is 11.8 Å². The average molecular weight is 531 g/mol. The van der Waals surface area contributed by atoms with Crippen LogP contribution in [0.4, 0.5) is 0 Å². The van der Waals surface area contributed by atoms with Gasteiger partial charge in [0.05, 0.1) is 18.1 Å². The number of Topliss-reactive ketones (excluding diaryl/α,β-unsaturated/α-hetero) is 1. The zero-order valence-electron chi connectivity index (χ0n) is 24.8. The Hall–Kier alpha value is -1.24. The summed E-state index contributed by atoms with van der Waals surface area (Å²) in [5.41, 5.74) is -1.59. The summed E-state index contributed by atoms with van der Waals surface area (Å²) in [6, 6.07) is 0. The normalized spacial score (nSPS) is 51.0. The Labute approximate surface area is 228 Å². The van der Waals surface area contributed by atoms with E-state index in [0.29, 0.717) is 18.6 Å². The summed E-state index contributed by atoms with van der Waals surface area (Å²) in [5.74, 6) is 0.218. The summed E-state index contributed by atoms with van der Waals surface area (Å²) in [6.07, 6.45) is 4.66. The highest BCUT2D eigenvalue weighted by Gasteiger charge is 2.75. The number of hydrogen-bond donors (Lipinski definition) is 3. The second-order valence-electron chi connectivity index (χ2n) is 15.7. The Morgan fingerprint density at radius 1 is 1.03 bits per heavy atom. The third-order valence-electron chi connectivity index (χ3n) is 13.3. The van der Waals surface area contributed by atoms with Gasteiger partial charge in [0, 0.05) is 24.2 Å². The van der Waals surface area contributed by atoms with Crippen LogP contribution in [0.1, 0.15) is 100 Å². The number of ketones is 1. The van der Waals surface area contributed by atoms with Crippen LogP contribution < -0.4 is 0 Å². The van der Waals surface area contributed by atoms with Gasteiger partial charge in [0.15, 0.2) is 0 Å². The van der Waals surface area contributed by atoms with Gasteiger partial charge < -0.3 is 20.1 Å². The summed E-state index contributed by atoms with van der Waals surface area (Å²) >= 11 is 0. The van der Waals surface area contributed by atoms with Gasteiger partial charge in [-0.25, -0.2) is 0 Å². The average Bonchev–Trinajstić information content (AvgIpc) is 2.79. The molecule has 0 spiro atoms. The summed E-state index contributed by atoms with van der Waals surface area (Å²) in [5, 5.41) is 34.6. The summed E-state index contributed by atoms with van der Waals surface area (Å²) in [4.78, 5) is 25.6. The number of rotatable bonds is 2. The standard InChI is InChI=1S/C32H50O6/c1-18(34)38-26-25(37)32(17-33)20(15-27(2,3)16-24(32)36)19-9-10-22-29(6)13-12-23(35)28(4,5)21(29)11-14-30(22,7)31(19,26)8/h9,20-22,24-26,33,36-37H,10-17H2,1-8H3/t20-,21-,22+,24-,25+,26-,29-,30+,31-,32+/m0/s1. The number of allylic oxidation sites excluding steroid dienone is 1. The number of esters is 1. The van der Waals surface area contributed by atoms with Crippen molar-refractivity contribution in [3.05, 3.63) is 11.6 Å².